The number of rotatable bonds is 7. The maximum atomic E-state index is 10.9. The van der Waals surface area contributed by atoms with Gasteiger partial charge in [0.15, 0.2) is 0 Å². The summed E-state index contributed by atoms with van der Waals surface area (Å²) in [7, 11) is 0. The molecule has 0 aromatic heterocycles. The molecule has 6 heteroatoms. The maximum Gasteiger partial charge on any atom is 0.312 e. The number of hydrogen-bond acceptors (Lipinski definition) is 4. The van der Waals surface area contributed by atoms with Crippen molar-refractivity contribution in [2.75, 3.05) is 13.2 Å². The van der Waals surface area contributed by atoms with Crippen molar-refractivity contribution in [3.63, 3.8) is 0 Å². The van der Waals surface area contributed by atoms with E-state index in [2.05, 4.69) is 28.2 Å². The average Bonchev–Trinajstić information content (AvgIpc) is 3.18. The summed E-state index contributed by atoms with van der Waals surface area (Å²) in [5.74, 6) is 0.623. The van der Waals surface area contributed by atoms with E-state index >= 15 is 0 Å². The molecule has 1 aliphatic rings. The number of hydrogen-bond donors (Lipinski definition) is 1. The molecule has 2 rings (SSSR count). The van der Waals surface area contributed by atoms with Crippen LogP contribution in [0.1, 0.15) is 19.8 Å². The predicted molar refractivity (Wildman–Crippen MR) is 76.5 cm³/mol. The van der Waals surface area contributed by atoms with Gasteiger partial charge in [0.1, 0.15) is 0 Å². The van der Waals surface area contributed by atoms with Crippen LogP contribution in [0, 0.1) is 16.0 Å². The van der Waals surface area contributed by atoms with Gasteiger partial charge in [0.25, 0.3) is 0 Å². The van der Waals surface area contributed by atoms with Crippen LogP contribution in [0.3, 0.4) is 0 Å². The molecule has 0 radical (unpaired) electrons. The summed E-state index contributed by atoms with van der Waals surface area (Å²) in [6.07, 6.45) is 2.51. The van der Waals surface area contributed by atoms with Crippen LogP contribution in [0.25, 0.3) is 0 Å². The van der Waals surface area contributed by atoms with E-state index in [0.717, 1.165) is 6.54 Å². The van der Waals surface area contributed by atoms with Crippen LogP contribution in [-0.2, 0) is 0 Å². The Labute approximate surface area is 120 Å². The van der Waals surface area contributed by atoms with Gasteiger partial charge in [0.2, 0.25) is 5.75 Å². The highest BCUT2D eigenvalue weighted by atomic mass is 79.9. The highest BCUT2D eigenvalue weighted by Crippen LogP contribution is 2.34. The highest BCUT2D eigenvalue weighted by molar-refractivity contribution is 9.10. The Hall–Kier alpha value is -1.14. The topological polar surface area (TPSA) is 64.4 Å². The van der Waals surface area contributed by atoms with Crippen LogP contribution in [0.2, 0.25) is 0 Å². The molecular weight excluding hydrogens is 312 g/mol. The molecule has 1 saturated carbocycles. The molecule has 1 aromatic carbocycles. The van der Waals surface area contributed by atoms with E-state index in [1.165, 1.54) is 18.9 Å². The van der Waals surface area contributed by atoms with Gasteiger partial charge in [-0.25, -0.2) is 0 Å². The van der Waals surface area contributed by atoms with Gasteiger partial charge in [-0.15, -0.1) is 0 Å². The van der Waals surface area contributed by atoms with Crippen molar-refractivity contribution in [2.45, 2.75) is 25.8 Å². The fraction of sp³-hybridized carbons (Fsp3) is 0.538. The standard InChI is InChI=1S/C13H17BrN2O3/c1-9(7-15-10-5-6-10)8-19-13-11(14)3-2-4-12(13)16(17)18/h2-4,9-10,15H,5-8H2,1H3. The van der Waals surface area contributed by atoms with E-state index in [4.69, 9.17) is 4.74 Å². The fourth-order valence-electron chi connectivity index (χ4n) is 1.72. The van der Waals surface area contributed by atoms with Crippen LogP contribution < -0.4 is 10.1 Å². The smallest absolute Gasteiger partial charge is 0.312 e. The molecule has 0 aliphatic heterocycles. The first kappa shape index (κ1) is 14.3. The third kappa shape index (κ3) is 4.18. The molecule has 1 aliphatic carbocycles. The van der Waals surface area contributed by atoms with Crippen molar-refractivity contribution in [1.82, 2.24) is 5.32 Å². The van der Waals surface area contributed by atoms with Crippen LogP contribution in [-0.4, -0.2) is 24.1 Å². The van der Waals surface area contributed by atoms with Crippen molar-refractivity contribution >= 4 is 21.6 Å². The van der Waals surface area contributed by atoms with Crippen molar-refractivity contribution in [3.05, 3.63) is 32.8 Å². The van der Waals surface area contributed by atoms with Crippen LogP contribution in [0.5, 0.6) is 5.75 Å². The second-order valence-corrected chi connectivity index (χ2v) is 5.80. The summed E-state index contributed by atoms with van der Waals surface area (Å²) in [6.45, 7) is 3.41. The minimum Gasteiger partial charge on any atom is -0.486 e. The van der Waals surface area contributed by atoms with Crippen molar-refractivity contribution in [3.8, 4) is 5.75 Å². The van der Waals surface area contributed by atoms with Gasteiger partial charge in [0.05, 0.1) is 16.0 Å². The zero-order valence-electron chi connectivity index (χ0n) is 10.8. The van der Waals surface area contributed by atoms with Gasteiger partial charge in [-0.3, -0.25) is 10.1 Å². The van der Waals surface area contributed by atoms with Crippen LogP contribution >= 0.6 is 15.9 Å². The molecule has 1 fully saturated rings. The normalized spacial score (nSPS) is 16.1. The second-order valence-electron chi connectivity index (χ2n) is 4.94. The molecule has 104 valence electrons. The van der Waals surface area contributed by atoms with Crippen molar-refractivity contribution in [2.24, 2.45) is 5.92 Å². The Morgan fingerprint density at radius 1 is 1.58 bits per heavy atom. The van der Waals surface area contributed by atoms with Gasteiger partial charge in [-0.05, 0) is 34.8 Å². The van der Waals surface area contributed by atoms with Crippen molar-refractivity contribution in [1.29, 1.82) is 0 Å². The van der Waals surface area contributed by atoms with Gasteiger partial charge in [-0.1, -0.05) is 13.0 Å². The zero-order chi connectivity index (χ0) is 13.8. The number of para-hydroxylation sites is 1. The summed E-state index contributed by atoms with van der Waals surface area (Å²) in [5.41, 5.74) is -0.00303. The maximum absolute atomic E-state index is 10.9. The van der Waals surface area contributed by atoms with Crippen LogP contribution in [0.15, 0.2) is 22.7 Å². The lowest BCUT2D eigenvalue weighted by atomic mass is 10.2. The number of halogens is 1. The SMILES string of the molecule is CC(CNC1CC1)COc1c(Br)cccc1[N+](=O)[O-]. The zero-order valence-corrected chi connectivity index (χ0v) is 12.4. The number of nitro groups is 1. The summed E-state index contributed by atoms with van der Waals surface area (Å²) in [6, 6.07) is 5.50. The molecule has 1 aromatic rings. The second kappa shape index (κ2) is 6.34. The van der Waals surface area contributed by atoms with E-state index < -0.39 is 4.92 Å². The summed E-state index contributed by atoms with van der Waals surface area (Å²) >= 11 is 3.29. The molecule has 0 amide bonds. The lowest BCUT2D eigenvalue weighted by Gasteiger charge is -2.14. The lowest BCUT2D eigenvalue weighted by Crippen LogP contribution is -2.26. The molecule has 19 heavy (non-hydrogen) atoms. The molecule has 0 spiro atoms. The number of nitrogens with zero attached hydrogens (tertiary/aromatic N) is 1. The highest BCUT2D eigenvalue weighted by Gasteiger charge is 2.22. The average molecular weight is 329 g/mol. The van der Waals surface area contributed by atoms with E-state index in [1.54, 1.807) is 12.1 Å². The fourth-order valence-corrected chi connectivity index (χ4v) is 2.19. The Balaban J connectivity index is 1.92. The van der Waals surface area contributed by atoms with E-state index in [9.17, 15) is 10.1 Å². The van der Waals surface area contributed by atoms with E-state index in [1.807, 2.05) is 0 Å². The molecule has 5 nitrogen and oxygen atoms in total. The first-order valence-electron chi connectivity index (χ1n) is 6.37. The Kier molecular flexibility index (Phi) is 4.76. The minimum atomic E-state index is -0.423. The Bertz CT molecular complexity index is 463. The lowest BCUT2D eigenvalue weighted by molar-refractivity contribution is -0.386. The largest absolute Gasteiger partial charge is 0.486 e. The molecule has 0 heterocycles. The van der Waals surface area contributed by atoms with Gasteiger partial charge in [0, 0.05) is 24.6 Å². The minimum absolute atomic E-state index is 0.00303. The van der Waals surface area contributed by atoms with Gasteiger partial charge >= 0.3 is 5.69 Å². The Morgan fingerprint density at radius 2 is 2.32 bits per heavy atom. The molecular formula is C13H17BrN2O3. The van der Waals surface area contributed by atoms with Crippen molar-refractivity contribution < 1.29 is 9.66 Å². The van der Waals surface area contributed by atoms with Gasteiger partial charge in [-0.2, -0.15) is 0 Å². The van der Waals surface area contributed by atoms with Gasteiger partial charge < -0.3 is 10.1 Å². The Morgan fingerprint density at radius 3 is 2.95 bits per heavy atom. The molecule has 0 saturated heterocycles. The first-order chi connectivity index (χ1) is 9.08. The van der Waals surface area contributed by atoms with E-state index in [0.29, 0.717) is 28.8 Å². The molecule has 0 bridgehead atoms. The summed E-state index contributed by atoms with van der Waals surface area (Å²) in [5, 5.41) is 14.4. The summed E-state index contributed by atoms with van der Waals surface area (Å²) < 4.78 is 6.23. The third-order valence-electron chi connectivity index (χ3n) is 2.99. The number of ether oxygens (including phenoxy) is 1. The number of nitrogens with one attached hydrogen (secondary N) is 1. The molecule has 1 unspecified atom stereocenters. The summed E-state index contributed by atoms with van der Waals surface area (Å²) in [4.78, 5) is 10.5. The quantitative estimate of drug-likeness (QED) is 0.617. The predicted octanol–water partition coefficient (Wildman–Crippen LogP) is 3.12. The third-order valence-corrected chi connectivity index (χ3v) is 3.61. The monoisotopic (exact) mass is 328 g/mol. The number of nitro benzene ring substituents is 1. The van der Waals surface area contributed by atoms with Crippen LogP contribution in [0.4, 0.5) is 5.69 Å². The molecule has 1 atom stereocenters. The number of benzene rings is 1. The van der Waals surface area contributed by atoms with E-state index in [-0.39, 0.29) is 5.69 Å². The first-order valence-corrected chi connectivity index (χ1v) is 7.16. The molecule has 1 N–H and O–H groups in total.